The fraction of sp³-hybridized carbons (Fsp3) is 0.458. The molecule has 2 N–H and O–H groups in total. The van der Waals surface area contributed by atoms with E-state index >= 15 is 0 Å². The molecule has 29 heavy (non-hydrogen) atoms. The van der Waals surface area contributed by atoms with Crippen molar-refractivity contribution in [3.8, 4) is 6.07 Å². The molecule has 1 fully saturated rings. The second-order valence-corrected chi connectivity index (χ2v) is 7.52. The minimum Gasteiger partial charge on any atom is -0.394 e. The summed E-state index contributed by atoms with van der Waals surface area (Å²) in [5, 5.41) is 29.0. The number of nitrogens with zero attached hydrogens (tertiary/aromatic N) is 1. The third-order valence-electron chi connectivity index (χ3n) is 5.36. The highest BCUT2D eigenvalue weighted by molar-refractivity contribution is 5.44. The molecule has 0 unspecified atom stereocenters. The lowest BCUT2D eigenvalue weighted by atomic mass is 9.92. The van der Waals surface area contributed by atoms with E-state index in [4.69, 9.17) is 9.47 Å². The van der Waals surface area contributed by atoms with Crippen molar-refractivity contribution in [3.63, 3.8) is 0 Å². The van der Waals surface area contributed by atoms with Gasteiger partial charge in [-0.25, -0.2) is 0 Å². The maximum Gasteiger partial charge on any atom is 0.0994 e. The molecule has 0 saturated carbocycles. The van der Waals surface area contributed by atoms with Crippen molar-refractivity contribution in [2.45, 2.75) is 50.9 Å². The van der Waals surface area contributed by atoms with Crippen LogP contribution in [0.15, 0.2) is 42.5 Å². The zero-order valence-corrected chi connectivity index (χ0v) is 16.9. The molecule has 0 aromatic heterocycles. The highest BCUT2D eigenvalue weighted by Gasteiger charge is 2.29. The topological polar surface area (TPSA) is 82.7 Å². The molecule has 1 heterocycles. The summed E-state index contributed by atoms with van der Waals surface area (Å²) in [5.74, 6) is 0. The van der Waals surface area contributed by atoms with Crippen molar-refractivity contribution in [2.75, 3.05) is 19.8 Å². The van der Waals surface area contributed by atoms with Crippen LogP contribution in [-0.2, 0) is 22.3 Å². The quantitative estimate of drug-likeness (QED) is 0.670. The largest absolute Gasteiger partial charge is 0.394 e. The molecule has 2 aromatic carbocycles. The fourth-order valence-electron chi connectivity index (χ4n) is 3.77. The van der Waals surface area contributed by atoms with E-state index in [1.54, 1.807) is 0 Å². The van der Waals surface area contributed by atoms with Crippen LogP contribution in [0.5, 0.6) is 0 Å². The molecule has 3 atom stereocenters. The maximum absolute atomic E-state index is 10.1. The van der Waals surface area contributed by atoms with E-state index in [1.165, 1.54) is 5.56 Å². The summed E-state index contributed by atoms with van der Waals surface area (Å²) in [5.41, 5.74) is 4.89. The Bertz CT molecular complexity index is 828. The minimum absolute atomic E-state index is 0.105. The number of hydrogen-bond donors (Lipinski definition) is 2. The monoisotopic (exact) mass is 395 g/mol. The van der Waals surface area contributed by atoms with Crippen LogP contribution in [0, 0.1) is 11.3 Å². The van der Waals surface area contributed by atoms with Crippen LogP contribution in [-0.4, -0.2) is 42.2 Å². The Morgan fingerprint density at radius 1 is 1.14 bits per heavy atom. The summed E-state index contributed by atoms with van der Waals surface area (Å²) >= 11 is 0. The second kappa shape index (κ2) is 10.5. The predicted octanol–water partition coefficient (Wildman–Crippen LogP) is 3.30. The molecule has 154 valence electrons. The number of rotatable bonds is 8. The summed E-state index contributed by atoms with van der Waals surface area (Å²) < 4.78 is 11.3. The molecule has 3 rings (SSSR count). The van der Waals surface area contributed by atoms with Crippen molar-refractivity contribution in [2.24, 2.45) is 0 Å². The smallest absolute Gasteiger partial charge is 0.0994 e. The lowest BCUT2D eigenvalue weighted by Crippen LogP contribution is -2.33. The van der Waals surface area contributed by atoms with Gasteiger partial charge < -0.3 is 19.7 Å². The van der Waals surface area contributed by atoms with E-state index in [1.807, 2.05) is 25.1 Å². The number of ether oxygens (including phenoxy) is 2. The Hall–Kier alpha value is -2.23. The van der Waals surface area contributed by atoms with Crippen LogP contribution >= 0.6 is 0 Å². The van der Waals surface area contributed by atoms with Crippen molar-refractivity contribution >= 4 is 0 Å². The van der Waals surface area contributed by atoms with Crippen LogP contribution in [0.3, 0.4) is 0 Å². The number of hydrogen-bond acceptors (Lipinski definition) is 5. The van der Waals surface area contributed by atoms with Gasteiger partial charge in [0.15, 0.2) is 0 Å². The van der Waals surface area contributed by atoms with Gasteiger partial charge in [-0.1, -0.05) is 36.4 Å². The van der Waals surface area contributed by atoms with Crippen molar-refractivity contribution in [1.29, 1.82) is 5.26 Å². The molecule has 1 saturated heterocycles. The van der Waals surface area contributed by atoms with Crippen LogP contribution in [0.1, 0.15) is 53.7 Å². The molecule has 1 aliphatic heterocycles. The van der Waals surface area contributed by atoms with E-state index in [9.17, 15) is 15.5 Å². The molecule has 0 spiro atoms. The van der Waals surface area contributed by atoms with Crippen molar-refractivity contribution in [1.82, 2.24) is 0 Å². The maximum atomic E-state index is 10.1. The number of aliphatic hydroxyl groups is 2. The Morgan fingerprint density at radius 2 is 1.90 bits per heavy atom. The molecule has 5 heteroatoms. The Kier molecular flexibility index (Phi) is 7.79. The van der Waals surface area contributed by atoms with Gasteiger partial charge in [-0.3, -0.25) is 0 Å². The van der Waals surface area contributed by atoms with Gasteiger partial charge in [0.05, 0.1) is 43.2 Å². The highest BCUT2D eigenvalue weighted by atomic mass is 16.5. The first-order valence-corrected chi connectivity index (χ1v) is 10.3. The molecule has 0 bridgehead atoms. The fourth-order valence-corrected chi connectivity index (χ4v) is 3.77. The van der Waals surface area contributed by atoms with E-state index in [2.05, 4.69) is 30.3 Å². The van der Waals surface area contributed by atoms with Gasteiger partial charge in [0.1, 0.15) is 0 Å². The number of aliphatic hydroxyl groups excluding tert-OH is 2. The molecule has 5 nitrogen and oxygen atoms in total. The van der Waals surface area contributed by atoms with E-state index in [-0.39, 0.29) is 18.8 Å². The van der Waals surface area contributed by atoms with E-state index in [0.29, 0.717) is 24.8 Å². The van der Waals surface area contributed by atoms with Gasteiger partial charge >= 0.3 is 0 Å². The molecule has 0 amide bonds. The zero-order valence-electron chi connectivity index (χ0n) is 16.9. The summed E-state index contributed by atoms with van der Waals surface area (Å²) in [6, 6.07) is 16.4. The van der Waals surface area contributed by atoms with Crippen molar-refractivity contribution < 1.29 is 19.7 Å². The summed E-state index contributed by atoms with van der Waals surface area (Å²) in [4.78, 5) is 0. The highest BCUT2D eigenvalue weighted by Crippen LogP contribution is 2.32. The Balaban J connectivity index is 1.75. The molecular formula is C24H29NO4. The zero-order chi connectivity index (χ0) is 20.6. The second-order valence-electron chi connectivity index (χ2n) is 7.52. The molecule has 0 aliphatic carbocycles. The van der Waals surface area contributed by atoms with Gasteiger partial charge in [0, 0.05) is 19.4 Å². The van der Waals surface area contributed by atoms with Gasteiger partial charge in [0.25, 0.3) is 0 Å². The average Bonchev–Trinajstić information content (AvgIpc) is 2.74. The summed E-state index contributed by atoms with van der Waals surface area (Å²) in [6.45, 7) is 3.34. The lowest BCUT2D eigenvalue weighted by molar-refractivity contribution is -0.113. The summed E-state index contributed by atoms with van der Waals surface area (Å²) in [7, 11) is 0. The van der Waals surface area contributed by atoms with Gasteiger partial charge in [-0.15, -0.1) is 0 Å². The van der Waals surface area contributed by atoms with Crippen LogP contribution in [0.25, 0.3) is 0 Å². The van der Waals surface area contributed by atoms with Gasteiger partial charge in [0.2, 0.25) is 0 Å². The first kappa shape index (κ1) is 21.5. The third-order valence-corrected chi connectivity index (χ3v) is 5.36. The van der Waals surface area contributed by atoms with E-state index in [0.717, 1.165) is 36.3 Å². The SMILES string of the molecule is CCOCCc1ccc(Cc2cc([C@H]3C[C@@H](O)C[C@@H](CO)O3)ccc2C#N)cc1. The Labute approximate surface area is 172 Å². The standard InChI is InChI=1S/C24H29NO4/c1-2-28-10-9-17-3-5-18(6-4-17)11-21-12-19(7-8-20(21)15-25)24-14-22(27)13-23(16-26)29-24/h3-8,12,22-24,26-27H,2,9-11,13-14,16H2,1H3/t22-,23-,24+/m0/s1. The average molecular weight is 395 g/mol. The van der Waals surface area contributed by atoms with Gasteiger partial charge in [-0.2, -0.15) is 5.26 Å². The number of nitriles is 1. The lowest BCUT2D eigenvalue weighted by Gasteiger charge is -2.32. The first-order chi connectivity index (χ1) is 14.1. The van der Waals surface area contributed by atoms with Gasteiger partial charge in [-0.05, 0) is 48.1 Å². The number of benzene rings is 2. The van der Waals surface area contributed by atoms with Crippen LogP contribution < -0.4 is 0 Å². The molecule has 2 aromatic rings. The van der Waals surface area contributed by atoms with Crippen LogP contribution in [0.4, 0.5) is 0 Å². The van der Waals surface area contributed by atoms with E-state index < -0.39 is 6.10 Å². The molecule has 1 aliphatic rings. The minimum atomic E-state index is -0.491. The predicted molar refractivity (Wildman–Crippen MR) is 111 cm³/mol. The van der Waals surface area contributed by atoms with Crippen molar-refractivity contribution in [3.05, 3.63) is 70.3 Å². The first-order valence-electron chi connectivity index (χ1n) is 10.3. The third kappa shape index (κ3) is 5.88. The normalized spacial score (nSPS) is 21.7. The summed E-state index contributed by atoms with van der Waals surface area (Å²) in [6.07, 6.45) is 1.37. The Morgan fingerprint density at radius 3 is 2.59 bits per heavy atom. The van der Waals surface area contributed by atoms with Crippen LogP contribution in [0.2, 0.25) is 0 Å². The molecular weight excluding hydrogens is 366 g/mol. The molecule has 0 radical (unpaired) electrons.